The van der Waals surface area contributed by atoms with E-state index in [2.05, 4.69) is 92.2 Å². The van der Waals surface area contributed by atoms with Crippen LogP contribution in [0.2, 0.25) is 0 Å². The van der Waals surface area contributed by atoms with Gasteiger partial charge in [-0.05, 0) is 121 Å². The molecule has 278 valence electrons. The fourth-order valence-electron chi connectivity index (χ4n) is 8.19. The van der Waals surface area contributed by atoms with E-state index in [1.165, 1.54) is 22.3 Å². The van der Waals surface area contributed by atoms with Crippen LogP contribution in [0.4, 0.5) is 5.69 Å². The predicted octanol–water partition coefficient (Wildman–Crippen LogP) is 8.42. The molecule has 0 unspecified atom stereocenters. The van der Waals surface area contributed by atoms with Crippen molar-refractivity contribution in [2.45, 2.75) is 64.6 Å². The first-order valence-electron chi connectivity index (χ1n) is 19.3. The molecule has 8 aromatic rings. The number of hydrogen-bond donors (Lipinski definition) is 3. The Labute approximate surface area is 323 Å². The standard InChI is InChI=1S/C44H41N10O2/c1-27-46-25-43(50-27)53-39-20-35(14-11-32(39)23-48-53)55-41-8-4-6-30-18-29(10-16-37(30)41)22-47-52-26-44(51-28(52)2)54-40-21-36(15-12-33(40)24-49-54)56-42-9-5-7-31-19-34(45-3)13-17-38(31)42/h10-21,23-26,41-42,45H,4-9H2,1-3H3,(H,46,50)/q+1/p+1/t41-,42+/m0/s1. The summed E-state index contributed by atoms with van der Waals surface area (Å²) in [6.07, 6.45) is 13.7. The number of benzene rings is 4. The Hall–Kier alpha value is -6.87. The zero-order valence-electron chi connectivity index (χ0n) is 31.6. The van der Waals surface area contributed by atoms with E-state index in [-0.39, 0.29) is 12.2 Å². The zero-order valence-corrected chi connectivity index (χ0v) is 31.6. The molecule has 0 saturated carbocycles. The van der Waals surface area contributed by atoms with E-state index in [9.17, 15) is 0 Å². The summed E-state index contributed by atoms with van der Waals surface area (Å²) in [7, 11) is 1.96. The quantitative estimate of drug-likeness (QED) is 0.141. The van der Waals surface area contributed by atoms with Crippen molar-refractivity contribution in [3.63, 3.8) is 0 Å². The molecule has 0 spiro atoms. The summed E-state index contributed by atoms with van der Waals surface area (Å²) in [4.78, 5) is 17.2. The highest BCUT2D eigenvalue weighted by molar-refractivity contribution is 5.81. The van der Waals surface area contributed by atoms with Gasteiger partial charge in [0.1, 0.15) is 40.0 Å². The van der Waals surface area contributed by atoms with Crippen molar-refractivity contribution in [1.82, 2.24) is 34.5 Å². The van der Waals surface area contributed by atoms with E-state index in [0.717, 1.165) is 106 Å². The number of anilines is 1. The molecule has 12 nitrogen and oxygen atoms in total. The normalized spacial score (nSPS) is 16.3. The smallest absolute Gasteiger partial charge is 0.373 e. The summed E-state index contributed by atoms with van der Waals surface area (Å²) in [5, 5.41) is 13.3. The number of hydrogen-bond acceptors (Lipinski definition) is 6. The molecule has 56 heavy (non-hydrogen) atoms. The number of rotatable bonds is 7. The first-order valence-corrected chi connectivity index (χ1v) is 19.3. The van der Waals surface area contributed by atoms with Gasteiger partial charge in [0.05, 0.1) is 24.1 Å². The maximum absolute atomic E-state index is 6.64. The molecule has 0 bridgehead atoms. The molecular formula is C44H42N10O2+2. The fourth-order valence-corrected chi connectivity index (χ4v) is 8.19. The van der Waals surface area contributed by atoms with Gasteiger partial charge >= 0.3 is 11.9 Å². The lowest BCUT2D eigenvalue weighted by Gasteiger charge is -2.27. The van der Waals surface area contributed by atoms with E-state index >= 15 is 0 Å². The Morgan fingerprint density at radius 1 is 0.857 bits per heavy atom. The van der Waals surface area contributed by atoms with Crippen LogP contribution in [0.1, 0.15) is 77.4 Å². The van der Waals surface area contributed by atoms with Crippen LogP contribution in [0.15, 0.2) is 97.6 Å². The number of aromatic amines is 2. The van der Waals surface area contributed by atoms with Crippen LogP contribution in [-0.2, 0) is 12.8 Å². The van der Waals surface area contributed by atoms with Crippen molar-refractivity contribution in [2.75, 3.05) is 12.4 Å². The molecule has 12 heteroatoms. The number of aromatic nitrogens is 8. The molecule has 3 N–H and O–H groups in total. The number of aryl methyl sites for hydroxylation is 4. The monoisotopic (exact) mass is 742 g/mol. The summed E-state index contributed by atoms with van der Waals surface area (Å²) >= 11 is 0. The topological polar surface area (TPSA) is 119 Å². The van der Waals surface area contributed by atoms with Crippen molar-refractivity contribution in [3.8, 4) is 29.2 Å². The molecule has 0 amide bonds. The molecule has 4 aromatic heterocycles. The van der Waals surface area contributed by atoms with Gasteiger partial charge in [-0.15, -0.1) is 4.68 Å². The third-order valence-corrected chi connectivity index (χ3v) is 11.1. The number of nitrogens with zero attached hydrogens (tertiary/aromatic N) is 7. The lowest BCUT2D eigenvalue weighted by Crippen LogP contribution is -2.33. The summed E-state index contributed by atoms with van der Waals surface area (Å²) in [6, 6.07) is 28.6. The van der Waals surface area contributed by atoms with E-state index in [0.29, 0.717) is 0 Å². The molecule has 10 rings (SSSR count). The molecule has 2 atom stereocenters. The minimum absolute atomic E-state index is 0.0205. The van der Waals surface area contributed by atoms with Gasteiger partial charge in [0.2, 0.25) is 0 Å². The average Bonchev–Trinajstić information content (AvgIpc) is 4.03. The summed E-state index contributed by atoms with van der Waals surface area (Å²) in [5.74, 6) is 4.80. The first-order chi connectivity index (χ1) is 27.5. The van der Waals surface area contributed by atoms with Crippen LogP contribution in [-0.4, -0.2) is 41.6 Å². The predicted molar refractivity (Wildman–Crippen MR) is 215 cm³/mol. The van der Waals surface area contributed by atoms with Crippen LogP contribution in [0.25, 0.3) is 38.4 Å². The minimum atomic E-state index is -0.0463. The summed E-state index contributed by atoms with van der Waals surface area (Å²) in [6.45, 7) is 3.88. The Morgan fingerprint density at radius 2 is 1.61 bits per heavy atom. The third kappa shape index (κ3) is 6.21. The van der Waals surface area contributed by atoms with Gasteiger partial charge in [-0.3, -0.25) is 0 Å². The second kappa shape index (κ2) is 13.8. The van der Waals surface area contributed by atoms with E-state index in [4.69, 9.17) is 19.4 Å². The highest BCUT2D eigenvalue weighted by Crippen LogP contribution is 2.37. The van der Waals surface area contributed by atoms with Crippen molar-refractivity contribution in [2.24, 2.45) is 0 Å². The molecule has 2 aliphatic carbocycles. The number of H-pyrrole nitrogens is 2. The highest BCUT2D eigenvalue weighted by Gasteiger charge is 2.27. The SMILES string of the molecule is CNc1ccc2c(c1)CCC[C@H]2Oc1ccc2c[nH][n+](-c3cn([N+]#Cc4ccc5c(c4)CCC[C@@H]5Oc4ccc5cnn(-c6cnc(C)[nH]6)c5c4)c(C)n3)c2c1. The van der Waals surface area contributed by atoms with Crippen LogP contribution in [0.5, 0.6) is 11.5 Å². The van der Waals surface area contributed by atoms with Crippen LogP contribution >= 0.6 is 0 Å². The first kappa shape index (κ1) is 33.7. The van der Waals surface area contributed by atoms with Crippen LogP contribution in [0, 0.1) is 19.9 Å². The molecule has 4 aromatic carbocycles. The second-order valence-corrected chi connectivity index (χ2v) is 14.7. The molecule has 2 aliphatic rings. The van der Waals surface area contributed by atoms with Gasteiger partial charge in [0.25, 0.3) is 5.82 Å². The molecule has 0 aliphatic heterocycles. The Morgan fingerprint density at radius 3 is 2.38 bits per heavy atom. The van der Waals surface area contributed by atoms with Crippen molar-refractivity contribution in [3.05, 3.63) is 142 Å². The molecule has 0 fully saturated rings. The lowest BCUT2D eigenvalue weighted by molar-refractivity contribution is -0.633. The van der Waals surface area contributed by atoms with Gasteiger partial charge in [-0.2, -0.15) is 5.10 Å². The summed E-state index contributed by atoms with van der Waals surface area (Å²) in [5.41, 5.74) is 9.07. The zero-order chi connectivity index (χ0) is 37.8. The maximum atomic E-state index is 6.64. The van der Waals surface area contributed by atoms with E-state index in [1.54, 1.807) is 10.9 Å². The number of nitrogens with one attached hydrogen (secondary N) is 3. The fraction of sp³-hybridized carbons (Fsp3) is 0.250. The van der Waals surface area contributed by atoms with Crippen molar-refractivity contribution >= 4 is 27.5 Å². The molecular weight excluding hydrogens is 701 g/mol. The number of imidazole rings is 2. The molecule has 4 heterocycles. The maximum Gasteiger partial charge on any atom is 0.373 e. The van der Waals surface area contributed by atoms with E-state index in [1.807, 2.05) is 61.0 Å². The second-order valence-electron chi connectivity index (χ2n) is 14.7. The Bertz CT molecular complexity index is 2830. The van der Waals surface area contributed by atoms with Crippen LogP contribution < -0.4 is 19.5 Å². The average molecular weight is 743 g/mol. The van der Waals surface area contributed by atoms with Crippen LogP contribution in [0.3, 0.4) is 0 Å². The summed E-state index contributed by atoms with van der Waals surface area (Å²) < 4.78 is 18.9. The Kier molecular flexibility index (Phi) is 8.28. The van der Waals surface area contributed by atoms with Gasteiger partial charge in [0, 0.05) is 47.2 Å². The molecule has 0 radical (unpaired) electrons. The largest absolute Gasteiger partial charge is 0.486 e. The lowest BCUT2D eigenvalue weighted by atomic mass is 9.88. The Balaban J connectivity index is 0.867. The van der Waals surface area contributed by atoms with Gasteiger partial charge < -0.3 is 19.8 Å². The van der Waals surface area contributed by atoms with Gasteiger partial charge in [-0.25, -0.2) is 14.8 Å². The number of ether oxygens (including phenoxy) is 2. The molecule has 0 saturated heterocycles. The third-order valence-electron chi connectivity index (χ3n) is 11.1. The van der Waals surface area contributed by atoms with Gasteiger partial charge in [0.15, 0.2) is 17.5 Å². The van der Waals surface area contributed by atoms with Crippen molar-refractivity contribution < 1.29 is 14.2 Å². The minimum Gasteiger partial charge on any atom is -0.486 e. The van der Waals surface area contributed by atoms with Gasteiger partial charge in [-0.1, -0.05) is 12.1 Å². The van der Waals surface area contributed by atoms with Crippen molar-refractivity contribution in [1.29, 1.82) is 0 Å². The van der Waals surface area contributed by atoms with E-state index < -0.39 is 0 Å². The highest BCUT2D eigenvalue weighted by atomic mass is 16.5. The number of fused-ring (bicyclic) bond motifs is 4.